The summed E-state index contributed by atoms with van der Waals surface area (Å²) in [6, 6.07) is 6.75. The van der Waals surface area contributed by atoms with Crippen molar-refractivity contribution in [2.24, 2.45) is 0 Å². The number of aryl methyl sites for hydroxylation is 1. The highest BCUT2D eigenvalue weighted by Gasteiger charge is 2.36. The monoisotopic (exact) mass is 458 g/mol. The van der Waals surface area contributed by atoms with Gasteiger partial charge in [-0.1, -0.05) is 0 Å². The summed E-state index contributed by atoms with van der Waals surface area (Å²) in [5.74, 6) is -1.33. The summed E-state index contributed by atoms with van der Waals surface area (Å²) in [5.41, 5.74) is 0.370. The van der Waals surface area contributed by atoms with Gasteiger partial charge in [0.1, 0.15) is 30.0 Å². The molecular formula is C23H23FN2O7. The van der Waals surface area contributed by atoms with Gasteiger partial charge in [-0.25, -0.2) is 14.0 Å². The summed E-state index contributed by atoms with van der Waals surface area (Å²) >= 11 is 0. The molecule has 10 heteroatoms. The molecule has 1 aromatic heterocycles. The number of urea groups is 1. The summed E-state index contributed by atoms with van der Waals surface area (Å²) in [7, 11) is 0. The lowest BCUT2D eigenvalue weighted by molar-refractivity contribution is -0.143. The standard InChI is InChI=1S/C23H23FN2O7/c1-3-31-22(29)20-16(25-23(30)26-21(20)18-10-4-13(2)33-18)12-32-19(28)11-9-17(27)14-5-7-15(24)8-6-14/h4-8,10,21H,3,9,11-12H2,1-2H3,(H2,25,26,30)/t21-/m0/s1. The van der Waals surface area contributed by atoms with Crippen LogP contribution in [0.4, 0.5) is 9.18 Å². The molecule has 2 heterocycles. The van der Waals surface area contributed by atoms with Crippen LogP contribution in [0, 0.1) is 12.7 Å². The van der Waals surface area contributed by atoms with Gasteiger partial charge in [-0.15, -0.1) is 0 Å². The molecule has 2 aromatic rings. The number of Topliss-reactive ketones (excluding diaryl/α,β-unsaturated/α-hetero) is 1. The fourth-order valence-corrected chi connectivity index (χ4v) is 3.22. The summed E-state index contributed by atoms with van der Waals surface area (Å²) < 4.78 is 28.8. The van der Waals surface area contributed by atoms with E-state index in [4.69, 9.17) is 13.9 Å². The molecule has 33 heavy (non-hydrogen) atoms. The van der Waals surface area contributed by atoms with E-state index in [1.165, 1.54) is 12.1 Å². The molecule has 0 fully saturated rings. The minimum absolute atomic E-state index is 0.0426. The number of nitrogens with one attached hydrogen (secondary N) is 2. The minimum atomic E-state index is -0.930. The molecule has 1 aliphatic rings. The lowest BCUT2D eigenvalue weighted by Crippen LogP contribution is -2.47. The fourth-order valence-electron chi connectivity index (χ4n) is 3.22. The quantitative estimate of drug-likeness (QED) is 0.437. The number of halogens is 1. The van der Waals surface area contributed by atoms with E-state index in [1.54, 1.807) is 26.0 Å². The number of hydrogen-bond donors (Lipinski definition) is 2. The summed E-state index contributed by atoms with van der Waals surface area (Å²) in [4.78, 5) is 49.1. The summed E-state index contributed by atoms with van der Waals surface area (Å²) in [5, 5.41) is 5.07. The molecule has 2 N–H and O–H groups in total. The van der Waals surface area contributed by atoms with Crippen molar-refractivity contribution in [3.63, 3.8) is 0 Å². The smallest absolute Gasteiger partial charge is 0.338 e. The molecule has 0 radical (unpaired) electrons. The molecule has 0 saturated heterocycles. The number of benzene rings is 1. The normalized spacial score (nSPS) is 15.5. The second kappa shape index (κ2) is 10.6. The van der Waals surface area contributed by atoms with Crippen molar-refractivity contribution in [2.45, 2.75) is 32.7 Å². The van der Waals surface area contributed by atoms with Crippen molar-refractivity contribution in [1.82, 2.24) is 10.6 Å². The Morgan fingerprint density at radius 3 is 2.42 bits per heavy atom. The third-order valence-corrected chi connectivity index (χ3v) is 4.79. The van der Waals surface area contributed by atoms with Crippen LogP contribution in [-0.2, 0) is 19.1 Å². The van der Waals surface area contributed by atoms with Crippen molar-refractivity contribution < 1.29 is 37.5 Å². The zero-order chi connectivity index (χ0) is 24.0. The maximum absolute atomic E-state index is 13.0. The van der Waals surface area contributed by atoms with Crippen LogP contribution in [0.15, 0.2) is 52.1 Å². The highest BCUT2D eigenvalue weighted by atomic mass is 19.1. The number of esters is 2. The summed E-state index contributed by atoms with van der Waals surface area (Å²) in [6.45, 7) is 3.04. The molecule has 0 bridgehead atoms. The molecule has 174 valence electrons. The first-order chi connectivity index (χ1) is 15.8. The second-order valence-corrected chi connectivity index (χ2v) is 7.18. The minimum Gasteiger partial charge on any atom is -0.464 e. The Morgan fingerprint density at radius 1 is 1.06 bits per heavy atom. The van der Waals surface area contributed by atoms with Crippen molar-refractivity contribution >= 4 is 23.8 Å². The van der Waals surface area contributed by atoms with E-state index in [9.17, 15) is 23.6 Å². The predicted octanol–water partition coefficient (Wildman–Crippen LogP) is 3.10. The number of rotatable bonds is 9. The Morgan fingerprint density at radius 2 is 1.79 bits per heavy atom. The van der Waals surface area contributed by atoms with Crippen molar-refractivity contribution in [3.8, 4) is 0 Å². The maximum Gasteiger partial charge on any atom is 0.338 e. The van der Waals surface area contributed by atoms with Gasteiger partial charge < -0.3 is 24.5 Å². The molecule has 2 amide bonds. The molecule has 0 aliphatic carbocycles. The van der Waals surface area contributed by atoms with Crippen LogP contribution < -0.4 is 10.6 Å². The van der Waals surface area contributed by atoms with Crippen LogP contribution in [0.3, 0.4) is 0 Å². The molecule has 3 rings (SSSR count). The zero-order valence-electron chi connectivity index (χ0n) is 18.1. The number of carbonyl (C=O) groups excluding carboxylic acids is 4. The van der Waals surface area contributed by atoms with E-state index in [1.807, 2.05) is 0 Å². The largest absolute Gasteiger partial charge is 0.464 e. The van der Waals surface area contributed by atoms with Crippen LogP contribution in [0.1, 0.15) is 47.7 Å². The van der Waals surface area contributed by atoms with Gasteiger partial charge in [0.25, 0.3) is 0 Å². The van der Waals surface area contributed by atoms with Crippen LogP contribution in [0.5, 0.6) is 0 Å². The molecule has 1 aliphatic heterocycles. The van der Waals surface area contributed by atoms with Gasteiger partial charge in [-0.2, -0.15) is 0 Å². The Bertz CT molecular complexity index is 1090. The van der Waals surface area contributed by atoms with E-state index in [-0.39, 0.29) is 42.1 Å². The van der Waals surface area contributed by atoms with E-state index < -0.39 is 36.4 Å². The van der Waals surface area contributed by atoms with Gasteiger partial charge >= 0.3 is 18.0 Å². The van der Waals surface area contributed by atoms with Crippen molar-refractivity contribution in [2.75, 3.05) is 13.2 Å². The zero-order valence-corrected chi connectivity index (χ0v) is 18.1. The van der Waals surface area contributed by atoms with Crippen molar-refractivity contribution in [1.29, 1.82) is 0 Å². The topological polar surface area (TPSA) is 124 Å². The number of ether oxygens (including phenoxy) is 2. The number of hydrogen-bond acceptors (Lipinski definition) is 7. The van der Waals surface area contributed by atoms with Crippen LogP contribution in [0.2, 0.25) is 0 Å². The highest BCUT2D eigenvalue weighted by molar-refractivity contribution is 5.97. The number of carbonyl (C=O) groups is 4. The average Bonchev–Trinajstić information content (AvgIpc) is 3.22. The van der Waals surface area contributed by atoms with E-state index in [0.29, 0.717) is 11.5 Å². The predicted molar refractivity (Wildman–Crippen MR) is 112 cm³/mol. The van der Waals surface area contributed by atoms with E-state index >= 15 is 0 Å². The molecule has 1 aromatic carbocycles. The molecular weight excluding hydrogens is 435 g/mol. The maximum atomic E-state index is 13.0. The second-order valence-electron chi connectivity index (χ2n) is 7.18. The molecule has 0 unspecified atom stereocenters. The highest BCUT2D eigenvalue weighted by Crippen LogP contribution is 2.29. The Balaban J connectivity index is 1.70. The average molecular weight is 458 g/mol. The Hall–Kier alpha value is -3.95. The lowest BCUT2D eigenvalue weighted by Gasteiger charge is -2.27. The molecule has 9 nitrogen and oxygen atoms in total. The number of amides is 2. The van der Waals surface area contributed by atoms with Crippen LogP contribution in [0.25, 0.3) is 0 Å². The summed E-state index contributed by atoms with van der Waals surface area (Å²) in [6.07, 6.45) is -0.373. The molecule has 1 atom stereocenters. The van der Waals surface area contributed by atoms with Gasteiger partial charge in [-0.05, 0) is 50.2 Å². The third-order valence-electron chi connectivity index (χ3n) is 4.79. The first-order valence-electron chi connectivity index (χ1n) is 10.3. The van der Waals surface area contributed by atoms with Crippen LogP contribution in [-0.4, -0.2) is 37.0 Å². The number of furan rings is 1. The Labute approximate surface area is 188 Å². The van der Waals surface area contributed by atoms with Crippen molar-refractivity contribution in [3.05, 3.63) is 70.6 Å². The van der Waals surface area contributed by atoms with Gasteiger partial charge in [0, 0.05) is 12.0 Å². The SMILES string of the molecule is CCOC(=O)C1=C(COC(=O)CCC(=O)c2ccc(F)cc2)NC(=O)N[C@H]1c1ccc(C)o1. The van der Waals surface area contributed by atoms with Gasteiger partial charge in [0.15, 0.2) is 5.78 Å². The van der Waals surface area contributed by atoms with Gasteiger partial charge in [-0.3, -0.25) is 9.59 Å². The van der Waals surface area contributed by atoms with Crippen LogP contribution >= 0.6 is 0 Å². The third kappa shape index (κ3) is 6.06. The first kappa shape index (κ1) is 23.7. The van der Waals surface area contributed by atoms with E-state index in [0.717, 1.165) is 12.1 Å². The fraction of sp³-hybridized carbons (Fsp3) is 0.304. The Kier molecular flexibility index (Phi) is 7.60. The first-order valence-corrected chi connectivity index (χ1v) is 10.3. The van der Waals surface area contributed by atoms with Gasteiger partial charge in [0.2, 0.25) is 0 Å². The lowest BCUT2D eigenvalue weighted by atomic mass is 10.0. The van der Waals surface area contributed by atoms with Gasteiger partial charge in [0.05, 0.1) is 24.3 Å². The molecule has 0 saturated carbocycles. The number of ketones is 1. The van der Waals surface area contributed by atoms with E-state index in [2.05, 4.69) is 10.6 Å². The molecule has 0 spiro atoms.